The number of unbranched alkanes of at least 4 members (excludes halogenated alkanes) is 4. The molecule has 0 amide bonds. The van der Waals surface area contributed by atoms with Gasteiger partial charge in [0.2, 0.25) is 0 Å². The maximum Gasteiger partial charge on any atom is 0.119 e. The van der Waals surface area contributed by atoms with Gasteiger partial charge in [0.1, 0.15) is 5.75 Å². The average Bonchev–Trinajstić information content (AvgIpc) is 2.35. The molecule has 0 fully saturated rings. The van der Waals surface area contributed by atoms with Crippen LogP contribution in [0.4, 0.5) is 0 Å². The van der Waals surface area contributed by atoms with E-state index < -0.39 is 0 Å². The third-order valence-electron chi connectivity index (χ3n) is 2.67. The molecule has 0 aliphatic rings. The van der Waals surface area contributed by atoms with E-state index in [1.54, 1.807) is 0 Å². The fraction of sp³-hybridized carbons (Fsp3) is 0.467. The molecule has 0 saturated carbocycles. The zero-order chi connectivity index (χ0) is 13.2. The maximum absolute atomic E-state index is 5.70. The highest BCUT2D eigenvalue weighted by atomic mass is 79.9. The molecule has 0 N–H and O–H groups in total. The Morgan fingerprint density at radius 3 is 2.33 bits per heavy atom. The summed E-state index contributed by atoms with van der Waals surface area (Å²) in [5, 5.41) is 0. The SMILES string of the molecule is CCCCCCCOc1ccc(C=C(Br)Br)cc1. The van der Waals surface area contributed by atoms with Gasteiger partial charge < -0.3 is 4.74 Å². The van der Waals surface area contributed by atoms with Crippen LogP contribution in [-0.4, -0.2) is 6.61 Å². The van der Waals surface area contributed by atoms with Crippen molar-refractivity contribution in [3.8, 4) is 5.75 Å². The van der Waals surface area contributed by atoms with Crippen LogP contribution in [0.5, 0.6) is 5.75 Å². The quantitative estimate of drug-likeness (QED) is 0.497. The molecule has 1 aromatic carbocycles. The highest BCUT2D eigenvalue weighted by Gasteiger charge is 1.95. The van der Waals surface area contributed by atoms with Crippen LogP contribution in [0.2, 0.25) is 0 Å². The molecule has 0 unspecified atom stereocenters. The van der Waals surface area contributed by atoms with Crippen LogP contribution in [0.1, 0.15) is 44.6 Å². The standard InChI is InChI=1S/C15H20Br2O/c1-2-3-4-5-6-11-18-14-9-7-13(8-10-14)12-15(16)17/h7-10,12H,2-6,11H2,1H3. The van der Waals surface area contributed by atoms with Crippen molar-refractivity contribution in [1.29, 1.82) is 0 Å². The van der Waals surface area contributed by atoms with Gasteiger partial charge in [-0.1, -0.05) is 44.7 Å². The van der Waals surface area contributed by atoms with Crippen molar-refractivity contribution < 1.29 is 4.74 Å². The van der Waals surface area contributed by atoms with E-state index in [1.807, 2.05) is 18.2 Å². The summed E-state index contributed by atoms with van der Waals surface area (Å²) in [5.74, 6) is 0.952. The van der Waals surface area contributed by atoms with Gasteiger partial charge >= 0.3 is 0 Å². The molecule has 0 bridgehead atoms. The summed E-state index contributed by atoms with van der Waals surface area (Å²) in [6, 6.07) is 8.13. The van der Waals surface area contributed by atoms with Gasteiger partial charge in [-0.25, -0.2) is 0 Å². The van der Waals surface area contributed by atoms with E-state index in [1.165, 1.54) is 25.7 Å². The van der Waals surface area contributed by atoms with Gasteiger partial charge in [-0.05, 0) is 62.1 Å². The van der Waals surface area contributed by atoms with Gasteiger partial charge in [0, 0.05) is 0 Å². The lowest BCUT2D eigenvalue weighted by atomic mass is 10.2. The Hall–Kier alpha value is -0.280. The van der Waals surface area contributed by atoms with E-state index in [0.29, 0.717) is 0 Å². The van der Waals surface area contributed by atoms with Crippen molar-refractivity contribution in [1.82, 2.24) is 0 Å². The number of ether oxygens (including phenoxy) is 1. The minimum Gasteiger partial charge on any atom is -0.494 e. The number of benzene rings is 1. The van der Waals surface area contributed by atoms with Gasteiger partial charge in [0.15, 0.2) is 0 Å². The summed E-state index contributed by atoms with van der Waals surface area (Å²) in [5.41, 5.74) is 1.15. The van der Waals surface area contributed by atoms with Crippen LogP contribution < -0.4 is 4.74 Å². The van der Waals surface area contributed by atoms with Crippen LogP contribution in [0, 0.1) is 0 Å². The Kier molecular flexibility index (Phi) is 8.44. The summed E-state index contributed by atoms with van der Waals surface area (Å²) in [6.07, 6.45) is 8.37. The monoisotopic (exact) mass is 374 g/mol. The fourth-order valence-electron chi connectivity index (χ4n) is 1.68. The lowest BCUT2D eigenvalue weighted by Crippen LogP contribution is -1.97. The van der Waals surface area contributed by atoms with Gasteiger partial charge in [0.25, 0.3) is 0 Å². The summed E-state index contributed by atoms with van der Waals surface area (Å²) in [4.78, 5) is 0. The van der Waals surface area contributed by atoms with E-state index >= 15 is 0 Å². The third kappa shape index (κ3) is 7.22. The summed E-state index contributed by atoms with van der Waals surface area (Å²) >= 11 is 6.70. The van der Waals surface area contributed by atoms with Gasteiger partial charge in [-0.2, -0.15) is 0 Å². The molecule has 18 heavy (non-hydrogen) atoms. The smallest absolute Gasteiger partial charge is 0.119 e. The molecular weight excluding hydrogens is 356 g/mol. The predicted molar refractivity (Wildman–Crippen MR) is 86.5 cm³/mol. The van der Waals surface area contributed by atoms with E-state index in [0.717, 1.165) is 27.7 Å². The molecule has 1 rings (SSSR count). The molecule has 0 radical (unpaired) electrons. The van der Waals surface area contributed by atoms with Crippen molar-refractivity contribution in [2.75, 3.05) is 6.61 Å². The predicted octanol–water partition coefficient (Wildman–Crippen LogP) is 6.12. The van der Waals surface area contributed by atoms with Crippen molar-refractivity contribution in [2.45, 2.75) is 39.0 Å². The van der Waals surface area contributed by atoms with Gasteiger partial charge in [0.05, 0.1) is 10.00 Å². The molecule has 1 aromatic rings. The molecule has 1 nitrogen and oxygen atoms in total. The van der Waals surface area contributed by atoms with Crippen LogP contribution in [-0.2, 0) is 0 Å². The number of hydrogen-bond donors (Lipinski definition) is 0. The Labute approximate surface area is 127 Å². The normalized spacial score (nSPS) is 10.2. The first-order valence-electron chi connectivity index (χ1n) is 6.48. The largest absolute Gasteiger partial charge is 0.494 e. The molecule has 0 heterocycles. The van der Waals surface area contributed by atoms with E-state index in [-0.39, 0.29) is 0 Å². The first kappa shape index (κ1) is 15.8. The van der Waals surface area contributed by atoms with E-state index in [9.17, 15) is 0 Å². The van der Waals surface area contributed by atoms with Gasteiger partial charge in [-0.15, -0.1) is 0 Å². The fourth-order valence-corrected chi connectivity index (χ4v) is 2.21. The lowest BCUT2D eigenvalue weighted by molar-refractivity contribution is 0.304. The van der Waals surface area contributed by atoms with E-state index in [2.05, 4.69) is 50.9 Å². The zero-order valence-corrected chi connectivity index (χ0v) is 14.0. The second-order valence-corrected chi connectivity index (χ2v) is 7.04. The minimum absolute atomic E-state index is 0.820. The molecule has 0 saturated heterocycles. The third-order valence-corrected chi connectivity index (χ3v) is 3.13. The number of rotatable bonds is 8. The molecule has 0 aliphatic heterocycles. The van der Waals surface area contributed by atoms with Crippen molar-refractivity contribution >= 4 is 37.9 Å². The Balaban J connectivity index is 2.25. The molecule has 0 spiro atoms. The maximum atomic E-state index is 5.70. The molecular formula is C15H20Br2O. The van der Waals surface area contributed by atoms with Crippen molar-refractivity contribution in [3.05, 3.63) is 33.2 Å². The Bertz CT molecular complexity index is 353. The van der Waals surface area contributed by atoms with E-state index in [4.69, 9.17) is 4.74 Å². The second kappa shape index (κ2) is 9.62. The average molecular weight is 376 g/mol. The summed E-state index contributed by atoms with van der Waals surface area (Å²) in [7, 11) is 0. The molecule has 0 aromatic heterocycles. The highest BCUT2D eigenvalue weighted by Crippen LogP contribution is 2.20. The topological polar surface area (TPSA) is 9.23 Å². The first-order chi connectivity index (χ1) is 8.72. The highest BCUT2D eigenvalue weighted by molar-refractivity contribution is 9.28. The minimum atomic E-state index is 0.820. The summed E-state index contributed by atoms with van der Waals surface area (Å²) in [6.45, 7) is 3.05. The van der Waals surface area contributed by atoms with Crippen LogP contribution in [0.3, 0.4) is 0 Å². The van der Waals surface area contributed by atoms with Crippen LogP contribution >= 0.6 is 31.9 Å². The van der Waals surface area contributed by atoms with Crippen molar-refractivity contribution in [2.24, 2.45) is 0 Å². The first-order valence-corrected chi connectivity index (χ1v) is 8.06. The zero-order valence-electron chi connectivity index (χ0n) is 10.8. The van der Waals surface area contributed by atoms with Crippen molar-refractivity contribution in [3.63, 3.8) is 0 Å². The van der Waals surface area contributed by atoms with Crippen LogP contribution in [0.25, 0.3) is 6.08 Å². The second-order valence-electron chi connectivity index (χ2n) is 4.27. The van der Waals surface area contributed by atoms with Crippen LogP contribution in [0.15, 0.2) is 27.7 Å². The number of hydrogen-bond acceptors (Lipinski definition) is 1. The lowest BCUT2D eigenvalue weighted by Gasteiger charge is -2.06. The molecule has 3 heteroatoms. The molecule has 0 aliphatic carbocycles. The Morgan fingerprint density at radius 2 is 1.72 bits per heavy atom. The molecule has 0 atom stereocenters. The molecule has 100 valence electrons. The van der Waals surface area contributed by atoms with Gasteiger partial charge in [-0.3, -0.25) is 0 Å². The summed E-state index contributed by atoms with van der Waals surface area (Å²) < 4.78 is 6.65. The Morgan fingerprint density at radius 1 is 1.06 bits per heavy atom. The number of halogens is 2.